The standard InChI is InChI=1S/C23H24F3N3O3/c1-2-28-19-14-15(7-12-18(19)22(31)29-13-5-3-4-6-20(28)29)21(30)27-16-8-10-17(11-9-16)32-23(24,25)26/h7-12,14,20H,2-6,13H2,1H3,(H,27,30)/t20-/m0/s1. The molecular weight excluding hydrogens is 423 g/mol. The number of alkyl halides is 3. The molecule has 2 amide bonds. The van der Waals surface area contributed by atoms with Crippen molar-refractivity contribution < 1.29 is 27.5 Å². The number of anilines is 2. The summed E-state index contributed by atoms with van der Waals surface area (Å²) in [6.07, 6.45) is -0.765. The van der Waals surface area contributed by atoms with Gasteiger partial charge < -0.3 is 19.9 Å². The fourth-order valence-corrected chi connectivity index (χ4v) is 4.38. The first-order chi connectivity index (χ1) is 15.3. The van der Waals surface area contributed by atoms with E-state index in [1.54, 1.807) is 18.2 Å². The predicted octanol–water partition coefficient (Wildman–Crippen LogP) is 5.02. The highest BCUT2D eigenvalue weighted by atomic mass is 19.4. The fraction of sp³-hybridized carbons (Fsp3) is 0.391. The number of nitrogens with zero attached hydrogens (tertiary/aromatic N) is 2. The minimum absolute atomic E-state index is 0.0104. The molecule has 1 fully saturated rings. The van der Waals surface area contributed by atoms with E-state index in [0.717, 1.165) is 50.0 Å². The Labute approximate surface area is 183 Å². The number of carbonyl (C=O) groups is 2. The summed E-state index contributed by atoms with van der Waals surface area (Å²) in [4.78, 5) is 30.0. The van der Waals surface area contributed by atoms with Crippen LogP contribution in [0.5, 0.6) is 5.75 Å². The van der Waals surface area contributed by atoms with Crippen molar-refractivity contribution in [2.24, 2.45) is 0 Å². The Kier molecular flexibility index (Phi) is 5.99. The topological polar surface area (TPSA) is 61.9 Å². The number of hydrogen-bond acceptors (Lipinski definition) is 4. The van der Waals surface area contributed by atoms with Gasteiger partial charge in [0, 0.05) is 24.3 Å². The molecule has 0 unspecified atom stereocenters. The van der Waals surface area contributed by atoms with E-state index in [-0.39, 0.29) is 17.8 Å². The SMILES string of the molecule is CCN1c2cc(C(=O)Nc3ccc(OC(F)(F)F)cc3)ccc2C(=O)N2CCCCC[C@H]21. The van der Waals surface area contributed by atoms with Crippen LogP contribution in [0.25, 0.3) is 0 Å². The van der Waals surface area contributed by atoms with E-state index < -0.39 is 12.3 Å². The third-order valence-corrected chi connectivity index (χ3v) is 5.83. The molecule has 0 aliphatic carbocycles. The van der Waals surface area contributed by atoms with Gasteiger partial charge in [0.15, 0.2) is 0 Å². The zero-order valence-electron chi connectivity index (χ0n) is 17.6. The van der Waals surface area contributed by atoms with Crippen molar-refractivity contribution in [2.75, 3.05) is 23.3 Å². The van der Waals surface area contributed by atoms with Crippen molar-refractivity contribution in [2.45, 2.75) is 45.1 Å². The maximum Gasteiger partial charge on any atom is 0.573 e. The van der Waals surface area contributed by atoms with Gasteiger partial charge >= 0.3 is 6.36 Å². The van der Waals surface area contributed by atoms with Crippen LogP contribution in [0.2, 0.25) is 0 Å². The zero-order chi connectivity index (χ0) is 22.9. The highest BCUT2D eigenvalue weighted by Gasteiger charge is 2.37. The zero-order valence-corrected chi connectivity index (χ0v) is 17.6. The van der Waals surface area contributed by atoms with Crippen molar-refractivity contribution in [1.29, 1.82) is 0 Å². The molecular formula is C23H24F3N3O3. The molecule has 170 valence electrons. The number of benzene rings is 2. The van der Waals surface area contributed by atoms with Gasteiger partial charge in [-0.2, -0.15) is 0 Å². The van der Waals surface area contributed by atoms with Crippen molar-refractivity contribution in [1.82, 2.24) is 4.90 Å². The largest absolute Gasteiger partial charge is 0.573 e. The molecule has 2 aliphatic rings. The van der Waals surface area contributed by atoms with Crippen LogP contribution in [0, 0.1) is 0 Å². The van der Waals surface area contributed by atoms with Crippen LogP contribution in [0.4, 0.5) is 24.5 Å². The van der Waals surface area contributed by atoms with Crippen LogP contribution in [-0.2, 0) is 0 Å². The molecule has 1 saturated heterocycles. The van der Waals surface area contributed by atoms with E-state index in [9.17, 15) is 22.8 Å². The Balaban J connectivity index is 1.55. The average molecular weight is 447 g/mol. The molecule has 2 aromatic rings. The molecule has 32 heavy (non-hydrogen) atoms. The van der Waals surface area contributed by atoms with Crippen LogP contribution in [0.15, 0.2) is 42.5 Å². The Morgan fingerprint density at radius 1 is 1.12 bits per heavy atom. The minimum atomic E-state index is -4.77. The fourth-order valence-electron chi connectivity index (χ4n) is 4.38. The van der Waals surface area contributed by atoms with Gasteiger partial charge in [-0.15, -0.1) is 13.2 Å². The molecule has 0 spiro atoms. The molecule has 0 bridgehead atoms. The molecule has 4 rings (SSSR count). The summed E-state index contributed by atoms with van der Waals surface area (Å²) in [6, 6.07) is 9.93. The summed E-state index contributed by atoms with van der Waals surface area (Å²) in [5, 5.41) is 2.68. The smallest absolute Gasteiger partial charge is 0.406 e. The number of hydrogen-bond donors (Lipinski definition) is 1. The number of ether oxygens (including phenoxy) is 1. The Bertz CT molecular complexity index is 1010. The van der Waals surface area contributed by atoms with Gasteiger partial charge in [-0.05, 0) is 68.7 Å². The van der Waals surface area contributed by atoms with E-state index in [2.05, 4.69) is 15.0 Å². The number of fused-ring (bicyclic) bond motifs is 2. The number of rotatable bonds is 4. The van der Waals surface area contributed by atoms with E-state index in [1.165, 1.54) is 12.1 Å². The van der Waals surface area contributed by atoms with Gasteiger partial charge in [-0.25, -0.2) is 0 Å². The molecule has 2 aromatic carbocycles. The highest BCUT2D eigenvalue weighted by Crippen LogP contribution is 2.35. The van der Waals surface area contributed by atoms with Gasteiger partial charge in [-0.3, -0.25) is 9.59 Å². The van der Waals surface area contributed by atoms with E-state index in [1.807, 2.05) is 11.8 Å². The summed E-state index contributed by atoms with van der Waals surface area (Å²) < 4.78 is 40.8. The summed E-state index contributed by atoms with van der Waals surface area (Å²) in [5.41, 5.74) is 2.02. The lowest BCUT2D eigenvalue weighted by Gasteiger charge is -2.44. The Morgan fingerprint density at radius 2 is 1.88 bits per heavy atom. The number of amides is 2. The lowest BCUT2D eigenvalue weighted by Crippen LogP contribution is -2.55. The number of halogens is 3. The second-order valence-electron chi connectivity index (χ2n) is 7.87. The highest BCUT2D eigenvalue weighted by molar-refractivity contribution is 6.08. The maximum absolute atomic E-state index is 13.1. The predicted molar refractivity (Wildman–Crippen MR) is 114 cm³/mol. The van der Waals surface area contributed by atoms with E-state index in [4.69, 9.17) is 0 Å². The van der Waals surface area contributed by atoms with Gasteiger partial charge in [-0.1, -0.05) is 6.42 Å². The quantitative estimate of drug-likeness (QED) is 0.715. The average Bonchev–Trinajstić information content (AvgIpc) is 3.00. The van der Waals surface area contributed by atoms with Crippen LogP contribution < -0.4 is 15.0 Å². The molecule has 0 radical (unpaired) electrons. The molecule has 0 aromatic heterocycles. The molecule has 1 atom stereocenters. The van der Waals surface area contributed by atoms with Crippen molar-refractivity contribution >= 4 is 23.2 Å². The third-order valence-electron chi connectivity index (χ3n) is 5.83. The van der Waals surface area contributed by atoms with Gasteiger partial charge in [0.2, 0.25) is 0 Å². The van der Waals surface area contributed by atoms with Crippen LogP contribution >= 0.6 is 0 Å². The second-order valence-corrected chi connectivity index (χ2v) is 7.87. The molecule has 0 saturated carbocycles. The van der Waals surface area contributed by atoms with Crippen molar-refractivity contribution in [3.63, 3.8) is 0 Å². The molecule has 2 aliphatic heterocycles. The van der Waals surface area contributed by atoms with E-state index in [0.29, 0.717) is 23.4 Å². The van der Waals surface area contributed by atoms with Gasteiger partial charge in [0.1, 0.15) is 11.9 Å². The van der Waals surface area contributed by atoms with Crippen LogP contribution in [0.1, 0.15) is 53.3 Å². The molecule has 2 heterocycles. The van der Waals surface area contributed by atoms with Crippen LogP contribution in [-0.4, -0.2) is 42.3 Å². The summed E-state index contributed by atoms with van der Waals surface area (Å²) in [6.45, 7) is 3.46. The summed E-state index contributed by atoms with van der Waals surface area (Å²) >= 11 is 0. The first-order valence-electron chi connectivity index (χ1n) is 10.7. The molecule has 9 heteroatoms. The first-order valence-corrected chi connectivity index (χ1v) is 10.7. The van der Waals surface area contributed by atoms with E-state index >= 15 is 0 Å². The van der Waals surface area contributed by atoms with Crippen molar-refractivity contribution in [3.05, 3.63) is 53.6 Å². The Morgan fingerprint density at radius 3 is 2.56 bits per heavy atom. The lowest BCUT2D eigenvalue weighted by atomic mass is 10.0. The Hall–Kier alpha value is -3.23. The first kappa shape index (κ1) is 22.0. The lowest BCUT2D eigenvalue weighted by molar-refractivity contribution is -0.274. The van der Waals surface area contributed by atoms with Crippen molar-refractivity contribution in [3.8, 4) is 5.75 Å². The van der Waals surface area contributed by atoms with Gasteiger partial charge in [0.05, 0.1) is 11.3 Å². The normalized spacial score (nSPS) is 18.5. The summed E-state index contributed by atoms with van der Waals surface area (Å²) in [7, 11) is 0. The van der Waals surface area contributed by atoms with Crippen LogP contribution in [0.3, 0.4) is 0 Å². The van der Waals surface area contributed by atoms with Gasteiger partial charge in [0.25, 0.3) is 11.8 Å². The molecule has 1 N–H and O–H groups in total. The molecule has 6 nitrogen and oxygen atoms in total. The third kappa shape index (κ3) is 4.51. The number of carbonyl (C=O) groups excluding carboxylic acids is 2. The second kappa shape index (κ2) is 8.72. The number of nitrogens with one attached hydrogen (secondary N) is 1. The maximum atomic E-state index is 13.1. The monoisotopic (exact) mass is 447 g/mol. The summed E-state index contributed by atoms with van der Waals surface area (Å²) in [5.74, 6) is -0.790. The minimum Gasteiger partial charge on any atom is -0.406 e.